The number of hydrogen-bond acceptors (Lipinski definition) is 2. The quantitative estimate of drug-likeness (QED) is 0.826. The van der Waals surface area contributed by atoms with E-state index in [0.29, 0.717) is 18.7 Å². The molecular formula is C12H15FN2O. The number of fused-ring (bicyclic) bond motifs is 1. The minimum Gasteiger partial charge on any atom is -0.330 e. The van der Waals surface area contributed by atoms with Crippen LogP contribution >= 0.6 is 0 Å². The minimum atomic E-state index is -0.313. The molecule has 1 aromatic carbocycles. The van der Waals surface area contributed by atoms with Gasteiger partial charge in [0, 0.05) is 19.2 Å². The summed E-state index contributed by atoms with van der Waals surface area (Å²) in [4.78, 5) is 13.2. The van der Waals surface area contributed by atoms with Gasteiger partial charge in [-0.1, -0.05) is 6.07 Å². The van der Waals surface area contributed by atoms with Crippen LogP contribution in [0, 0.1) is 5.82 Å². The Bertz CT molecular complexity index is 419. The van der Waals surface area contributed by atoms with E-state index in [9.17, 15) is 9.18 Å². The number of carbonyl (C=O) groups excluding carboxylic acids is 1. The third-order valence-corrected chi connectivity index (χ3v) is 3.10. The minimum absolute atomic E-state index is 0.0246. The molecule has 86 valence electrons. The van der Waals surface area contributed by atoms with Crippen LogP contribution in [0.2, 0.25) is 0 Å². The van der Waals surface area contributed by atoms with Crippen LogP contribution in [0.4, 0.5) is 10.1 Å². The maximum Gasteiger partial charge on any atom is 0.227 e. The van der Waals surface area contributed by atoms with E-state index < -0.39 is 0 Å². The first-order valence-electron chi connectivity index (χ1n) is 5.39. The van der Waals surface area contributed by atoms with Crippen LogP contribution in [0.5, 0.6) is 0 Å². The van der Waals surface area contributed by atoms with Crippen LogP contribution in [-0.2, 0) is 4.79 Å². The number of carbonyl (C=O) groups is 1. The Morgan fingerprint density at radius 1 is 1.56 bits per heavy atom. The van der Waals surface area contributed by atoms with Crippen molar-refractivity contribution >= 4 is 11.6 Å². The molecule has 0 aliphatic carbocycles. The lowest BCUT2D eigenvalue weighted by molar-refractivity contribution is -0.119. The number of anilines is 1. The Balaban J connectivity index is 2.45. The smallest absolute Gasteiger partial charge is 0.227 e. The van der Waals surface area contributed by atoms with Crippen LogP contribution in [0.1, 0.15) is 24.3 Å². The summed E-state index contributed by atoms with van der Waals surface area (Å²) in [5, 5.41) is 0. The second-order valence-electron chi connectivity index (χ2n) is 4.13. The number of nitrogens with zero attached hydrogens (tertiary/aromatic N) is 1. The molecule has 2 N–H and O–H groups in total. The molecule has 1 heterocycles. The highest BCUT2D eigenvalue weighted by atomic mass is 19.1. The molecule has 0 spiro atoms. The predicted molar refractivity (Wildman–Crippen MR) is 60.8 cm³/mol. The molecule has 2 rings (SSSR count). The van der Waals surface area contributed by atoms with Crippen molar-refractivity contribution in [3.8, 4) is 0 Å². The number of nitrogens with two attached hydrogens (primary N) is 1. The van der Waals surface area contributed by atoms with Crippen molar-refractivity contribution in [1.29, 1.82) is 0 Å². The van der Waals surface area contributed by atoms with Gasteiger partial charge >= 0.3 is 0 Å². The molecule has 1 amide bonds. The van der Waals surface area contributed by atoms with Crippen molar-refractivity contribution in [2.45, 2.75) is 18.8 Å². The Kier molecular flexibility index (Phi) is 2.92. The Hall–Kier alpha value is -1.42. The topological polar surface area (TPSA) is 46.3 Å². The molecular weight excluding hydrogens is 207 g/mol. The van der Waals surface area contributed by atoms with Gasteiger partial charge in [0.1, 0.15) is 5.82 Å². The first-order chi connectivity index (χ1) is 7.63. The van der Waals surface area contributed by atoms with Crippen molar-refractivity contribution in [2.75, 3.05) is 18.5 Å². The molecule has 1 aliphatic heterocycles. The zero-order valence-electron chi connectivity index (χ0n) is 9.24. The molecule has 1 atom stereocenters. The standard InChI is InChI=1S/C12H15FN2O/c1-15-11-7-9(13)2-3-10(11)8(4-5-14)6-12(15)16/h2-3,7-8H,4-6,14H2,1H3. The largest absolute Gasteiger partial charge is 0.330 e. The molecule has 0 saturated heterocycles. The maximum absolute atomic E-state index is 13.1. The fourth-order valence-electron chi connectivity index (χ4n) is 2.20. The lowest BCUT2D eigenvalue weighted by Gasteiger charge is -2.31. The van der Waals surface area contributed by atoms with Gasteiger partial charge in [-0.25, -0.2) is 4.39 Å². The van der Waals surface area contributed by atoms with Crippen LogP contribution in [0.15, 0.2) is 18.2 Å². The average Bonchev–Trinajstić information content (AvgIpc) is 2.26. The molecule has 1 aliphatic rings. The van der Waals surface area contributed by atoms with Crippen LogP contribution in [0.25, 0.3) is 0 Å². The fraction of sp³-hybridized carbons (Fsp3) is 0.417. The van der Waals surface area contributed by atoms with Gasteiger partial charge in [0.05, 0.1) is 0 Å². The first-order valence-corrected chi connectivity index (χ1v) is 5.39. The molecule has 0 fully saturated rings. The molecule has 4 heteroatoms. The summed E-state index contributed by atoms with van der Waals surface area (Å²) in [7, 11) is 1.68. The van der Waals surface area contributed by atoms with E-state index in [1.807, 2.05) is 0 Å². The zero-order valence-corrected chi connectivity index (χ0v) is 9.24. The van der Waals surface area contributed by atoms with Gasteiger partial charge in [0.2, 0.25) is 5.91 Å². The van der Waals surface area contributed by atoms with Gasteiger partial charge in [0.15, 0.2) is 0 Å². The monoisotopic (exact) mass is 222 g/mol. The zero-order chi connectivity index (χ0) is 11.7. The SMILES string of the molecule is CN1C(=O)CC(CCN)c2ccc(F)cc21. The van der Waals surface area contributed by atoms with Crippen LogP contribution in [0.3, 0.4) is 0 Å². The van der Waals surface area contributed by atoms with Gasteiger partial charge in [0.25, 0.3) is 0 Å². The van der Waals surface area contributed by atoms with Gasteiger partial charge in [-0.3, -0.25) is 4.79 Å². The average molecular weight is 222 g/mol. The summed E-state index contributed by atoms with van der Waals surface area (Å²) in [5.74, 6) is -0.160. The Labute approximate surface area is 94.0 Å². The second kappa shape index (κ2) is 4.22. The highest BCUT2D eigenvalue weighted by Gasteiger charge is 2.28. The van der Waals surface area contributed by atoms with Crippen molar-refractivity contribution in [2.24, 2.45) is 5.73 Å². The molecule has 0 radical (unpaired) electrons. The van der Waals surface area contributed by atoms with Crippen LogP contribution < -0.4 is 10.6 Å². The lowest BCUT2D eigenvalue weighted by atomic mass is 9.87. The molecule has 0 saturated carbocycles. The molecule has 16 heavy (non-hydrogen) atoms. The van der Waals surface area contributed by atoms with E-state index in [0.717, 1.165) is 12.0 Å². The third kappa shape index (κ3) is 1.80. The van der Waals surface area contributed by atoms with Crippen molar-refractivity contribution in [3.05, 3.63) is 29.6 Å². The summed E-state index contributed by atoms with van der Waals surface area (Å²) in [6.45, 7) is 0.540. The fourth-order valence-corrected chi connectivity index (χ4v) is 2.20. The van der Waals surface area contributed by atoms with Crippen molar-refractivity contribution < 1.29 is 9.18 Å². The lowest BCUT2D eigenvalue weighted by Crippen LogP contribution is -2.33. The summed E-state index contributed by atoms with van der Waals surface area (Å²) < 4.78 is 13.1. The van der Waals surface area contributed by atoms with E-state index in [4.69, 9.17) is 5.73 Å². The van der Waals surface area contributed by atoms with E-state index in [1.54, 1.807) is 13.1 Å². The van der Waals surface area contributed by atoms with Gasteiger partial charge in [-0.15, -0.1) is 0 Å². The van der Waals surface area contributed by atoms with Gasteiger partial charge < -0.3 is 10.6 Å². The molecule has 3 nitrogen and oxygen atoms in total. The first kappa shape index (κ1) is 11.1. The summed E-state index contributed by atoms with van der Waals surface area (Å²) in [5.41, 5.74) is 7.23. The number of rotatable bonds is 2. The summed E-state index contributed by atoms with van der Waals surface area (Å²) >= 11 is 0. The maximum atomic E-state index is 13.1. The number of halogens is 1. The Morgan fingerprint density at radius 2 is 2.31 bits per heavy atom. The Morgan fingerprint density at radius 3 is 3.00 bits per heavy atom. The number of benzene rings is 1. The molecule has 0 aromatic heterocycles. The van der Waals surface area contributed by atoms with Crippen molar-refractivity contribution in [3.63, 3.8) is 0 Å². The third-order valence-electron chi connectivity index (χ3n) is 3.10. The molecule has 0 bridgehead atoms. The summed E-state index contributed by atoms with van der Waals surface area (Å²) in [6.07, 6.45) is 1.23. The molecule has 1 aromatic rings. The van der Waals surface area contributed by atoms with Crippen molar-refractivity contribution in [1.82, 2.24) is 0 Å². The summed E-state index contributed by atoms with van der Waals surface area (Å²) in [6, 6.07) is 4.61. The number of amides is 1. The van der Waals surface area contributed by atoms with Gasteiger partial charge in [-0.2, -0.15) is 0 Å². The normalized spacial score (nSPS) is 19.8. The molecule has 1 unspecified atom stereocenters. The number of hydrogen-bond donors (Lipinski definition) is 1. The highest BCUT2D eigenvalue weighted by molar-refractivity contribution is 5.96. The van der Waals surface area contributed by atoms with E-state index >= 15 is 0 Å². The van der Waals surface area contributed by atoms with E-state index in [2.05, 4.69) is 0 Å². The van der Waals surface area contributed by atoms with Gasteiger partial charge in [-0.05, 0) is 36.6 Å². The second-order valence-corrected chi connectivity index (χ2v) is 4.13. The van der Waals surface area contributed by atoms with E-state index in [1.165, 1.54) is 17.0 Å². The van der Waals surface area contributed by atoms with Crippen LogP contribution in [-0.4, -0.2) is 19.5 Å². The van der Waals surface area contributed by atoms with E-state index in [-0.39, 0.29) is 17.6 Å². The predicted octanol–water partition coefficient (Wildman–Crippen LogP) is 1.62. The highest BCUT2D eigenvalue weighted by Crippen LogP contribution is 2.37.